The molecule has 7 heteroatoms. The lowest BCUT2D eigenvalue weighted by Crippen LogP contribution is -2.49. The molecule has 0 aliphatic heterocycles. The molecule has 132 valence electrons. The van der Waals surface area contributed by atoms with Gasteiger partial charge in [0.1, 0.15) is 11.4 Å². The molecule has 0 unspecified atom stereocenters. The summed E-state index contributed by atoms with van der Waals surface area (Å²) in [7, 11) is 1.50. The summed E-state index contributed by atoms with van der Waals surface area (Å²) in [6.45, 7) is 5.44. The zero-order valence-electron chi connectivity index (χ0n) is 14.6. The first-order chi connectivity index (χ1) is 11.3. The van der Waals surface area contributed by atoms with Crippen molar-refractivity contribution in [2.45, 2.75) is 57.7 Å². The van der Waals surface area contributed by atoms with Crippen LogP contribution >= 0.6 is 0 Å². The molecule has 0 saturated heterocycles. The first kappa shape index (κ1) is 18.0. The van der Waals surface area contributed by atoms with E-state index in [1.807, 2.05) is 20.8 Å². The quantitative estimate of drug-likeness (QED) is 0.881. The van der Waals surface area contributed by atoms with Crippen LogP contribution in [0.2, 0.25) is 0 Å². The van der Waals surface area contributed by atoms with E-state index in [1.54, 1.807) is 18.3 Å². The van der Waals surface area contributed by atoms with Crippen molar-refractivity contribution in [3.05, 3.63) is 24.0 Å². The number of ether oxygens (including phenoxy) is 2. The Morgan fingerprint density at radius 1 is 1.21 bits per heavy atom. The SMILES string of the molecule is COc1cccnc1C(=O)N[C@H]1CCC[C@@H]1NC(=O)OC(C)(C)C. The highest BCUT2D eigenvalue weighted by Crippen LogP contribution is 2.21. The number of aromatic nitrogens is 1. The van der Waals surface area contributed by atoms with Crippen molar-refractivity contribution in [3.63, 3.8) is 0 Å². The minimum absolute atomic E-state index is 0.154. The van der Waals surface area contributed by atoms with Gasteiger partial charge in [-0.25, -0.2) is 9.78 Å². The maximum atomic E-state index is 12.4. The molecule has 0 radical (unpaired) electrons. The molecule has 0 bridgehead atoms. The number of hydrogen-bond donors (Lipinski definition) is 2. The van der Waals surface area contributed by atoms with Gasteiger partial charge >= 0.3 is 6.09 Å². The maximum absolute atomic E-state index is 12.4. The lowest BCUT2D eigenvalue weighted by atomic mass is 10.1. The molecular weight excluding hydrogens is 310 g/mol. The normalized spacial score (nSPS) is 20.3. The van der Waals surface area contributed by atoms with Crippen LogP contribution < -0.4 is 15.4 Å². The Balaban J connectivity index is 1.98. The predicted octanol–water partition coefficient (Wildman–Crippen LogP) is 2.27. The number of methoxy groups -OCH3 is 1. The summed E-state index contributed by atoms with van der Waals surface area (Å²) in [5.74, 6) is 0.111. The number of amides is 2. The molecule has 1 aliphatic carbocycles. The van der Waals surface area contributed by atoms with Crippen molar-refractivity contribution in [1.29, 1.82) is 0 Å². The molecule has 0 spiro atoms. The van der Waals surface area contributed by atoms with Crippen LogP contribution in [-0.4, -0.2) is 41.8 Å². The average molecular weight is 335 g/mol. The van der Waals surface area contributed by atoms with E-state index in [-0.39, 0.29) is 23.7 Å². The van der Waals surface area contributed by atoms with Crippen LogP contribution in [0.5, 0.6) is 5.75 Å². The van der Waals surface area contributed by atoms with Gasteiger partial charge in [-0.3, -0.25) is 4.79 Å². The number of nitrogens with one attached hydrogen (secondary N) is 2. The van der Waals surface area contributed by atoms with Crippen molar-refractivity contribution >= 4 is 12.0 Å². The van der Waals surface area contributed by atoms with Gasteiger partial charge in [0, 0.05) is 12.2 Å². The number of hydrogen-bond acceptors (Lipinski definition) is 5. The molecule has 1 aromatic heterocycles. The van der Waals surface area contributed by atoms with E-state index < -0.39 is 11.7 Å². The highest BCUT2D eigenvalue weighted by molar-refractivity contribution is 5.95. The summed E-state index contributed by atoms with van der Waals surface area (Å²) in [6, 6.07) is 3.08. The maximum Gasteiger partial charge on any atom is 0.407 e. The number of nitrogens with zero attached hydrogens (tertiary/aromatic N) is 1. The van der Waals surface area contributed by atoms with Crippen LogP contribution in [0.1, 0.15) is 50.5 Å². The summed E-state index contributed by atoms with van der Waals surface area (Å²) in [6.07, 6.45) is 3.59. The highest BCUT2D eigenvalue weighted by atomic mass is 16.6. The lowest BCUT2D eigenvalue weighted by molar-refractivity contribution is 0.0495. The predicted molar refractivity (Wildman–Crippen MR) is 89.1 cm³/mol. The van der Waals surface area contributed by atoms with Gasteiger partial charge in [0.15, 0.2) is 5.69 Å². The van der Waals surface area contributed by atoms with Crippen LogP contribution in [0.25, 0.3) is 0 Å². The molecule has 24 heavy (non-hydrogen) atoms. The molecule has 1 saturated carbocycles. The molecule has 1 fully saturated rings. The summed E-state index contributed by atoms with van der Waals surface area (Å²) in [4.78, 5) is 28.5. The Morgan fingerprint density at radius 3 is 2.50 bits per heavy atom. The van der Waals surface area contributed by atoms with Gasteiger partial charge in [-0.15, -0.1) is 0 Å². The number of rotatable bonds is 4. The van der Waals surface area contributed by atoms with E-state index in [0.717, 1.165) is 19.3 Å². The second-order valence-corrected chi connectivity index (χ2v) is 6.82. The minimum Gasteiger partial charge on any atom is -0.494 e. The lowest BCUT2D eigenvalue weighted by Gasteiger charge is -2.25. The summed E-state index contributed by atoms with van der Waals surface area (Å²) in [5.41, 5.74) is -0.314. The van der Waals surface area contributed by atoms with Crippen LogP contribution in [0.4, 0.5) is 4.79 Å². The second-order valence-electron chi connectivity index (χ2n) is 6.82. The van der Waals surface area contributed by atoms with Crippen LogP contribution in [-0.2, 0) is 4.74 Å². The number of alkyl carbamates (subject to hydrolysis) is 1. The summed E-state index contributed by atoms with van der Waals surface area (Å²) in [5, 5.41) is 5.78. The van der Waals surface area contributed by atoms with E-state index in [9.17, 15) is 9.59 Å². The van der Waals surface area contributed by atoms with Crippen molar-refractivity contribution in [2.24, 2.45) is 0 Å². The van der Waals surface area contributed by atoms with E-state index in [2.05, 4.69) is 15.6 Å². The second kappa shape index (κ2) is 7.51. The molecular formula is C17H25N3O4. The van der Waals surface area contributed by atoms with Crippen LogP contribution in [0.3, 0.4) is 0 Å². The molecule has 1 heterocycles. The molecule has 1 aliphatic rings. The van der Waals surface area contributed by atoms with Crippen LogP contribution in [0, 0.1) is 0 Å². The third-order valence-corrected chi connectivity index (χ3v) is 3.74. The van der Waals surface area contributed by atoms with Gasteiger partial charge in [-0.05, 0) is 52.2 Å². The fraction of sp³-hybridized carbons (Fsp3) is 0.588. The zero-order valence-corrected chi connectivity index (χ0v) is 14.6. The largest absolute Gasteiger partial charge is 0.494 e. The Hall–Kier alpha value is -2.31. The number of pyridine rings is 1. The summed E-state index contributed by atoms with van der Waals surface area (Å²) < 4.78 is 10.4. The van der Waals surface area contributed by atoms with Crippen molar-refractivity contribution < 1.29 is 19.1 Å². The fourth-order valence-electron chi connectivity index (χ4n) is 2.73. The van der Waals surface area contributed by atoms with Gasteiger partial charge in [0.05, 0.1) is 13.2 Å². The van der Waals surface area contributed by atoms with Crippen LogP contribution in [0.15, 0.2) is 18.3 Å². The van der Waals surface area contributed by atoms with E-state index in [0.29, 0.717) is 5.75 Å². The molecule has 2 N–H and O–H groups in total. The zero-order chi connectivity index (χ0) is 17.7. The average Bonchev–Trinajstić information content (AvgIpc) is 2.92. The molecule has 2 amide bonds. The van der Waals surface area contributed by atoms with E-state index in [4.69, 9.17) is 9.47 Å². The number of carbonyl (C=O) groups excluding carboxylic acids is 2. The monoisotopic (exact) mass is 335 g/mol. The van der Waals surface area contributed by atoms with Gasteiger partial charge < -0.3 is 20.1 Å². The third-order valence-electron chi connectivity index (χ3n) is 3.74. The smallest absolute Gasteiger partial charge is 0.407 e. The first-order valence-electron chi connectivity index (χ1n) is 8.09. The minimum atomic E-state index is -0.553. The van der Waals surface area contributed by atoms with Crippen molar-refractivity contribution in [2.75, 3.05) is 7.11 Å². The van der Waals surface area contributed by atoms with Crippen molar-refractivity contribution in [3.8, 4) is 5.75 Å². The van der Waals surface area contributed by atoms with Gasteiger partial charge in [-0.1, -0.05) is 0 Å². The Labute approximate surface area is 142 Å². The van der Waals surface area contributed by atoms with E-state index >= 15 is 0 Å². The number of carbonyl (C=O) groups is 2. The fourth-order valence-corrected chi connectivity index (χ4v) is 2.73. The molecule has 2 rings (SSSR count). The third kappa shape index (κ3) is 4.84. The molecule has 1 aromatic rings. The van der Waals surface area contributed by atoms with Gasteiger partial charge in [0.25, 0.3) is 5.91 Å². The molecule has 7 nitrogen and oxygen atoms in total. The standard InChI is InChI=1S/C17H25N3O4/c1-17(2,3)24-16(22)20-12-8-5-7-11(12)19-15(21)14-13(23-4)9-6-10-18-14/h6,9-12H,5,7-8H2,1-4H3,(H,19,21)(H,20,22)/t11-,12-/m0/s1. The van der Waals surface area contributed by atoms with Gasteiger partial charge in [0.2, 0.25) is 0 Å². The Bertz CT molecular complexity index is 598. The Morgan fingerprint density at radius 2 is 1.88 bits per heavy atom. The Kier molecular flexibility index (Phi) is 5.64. The highest BCUT2D eigenvalue weighted by Gasteiger charge is 2.32. The summed E-state index contributed by atoms with van der Waals surface area (Å²) >= 11 is 0. The van der Waals surface area contributed by atoms with Gasteiger partial charge in [-0.2, -0.15) is 0 Å². The molecule has 0 aromatic carbocycles. The first-order valence-corrected chi connectivity index (χ1v) is 8.09. The van der Waals surface area contributed by atoms with Crippen molar-refractivity contribution in [1.82, 2.24) is 15.6 Å². The molecule has 2 atom stereocenters. The van der Waals surface area contributed by atoms with E-state index in [1.165, 1.54) is 7.11 Å². The topological polar surface area (TPSA) is 89.5 Å².